The zero-order valence-electron chi connectivity index (χ0n) is 19.5. The van der Waals surface area contributed by atoms with Gasteiger partial charge in [0.15, 0.2) is 0 Å². The number of aliphatic carboxylic acids is 3. The maximum Gasteiger partial charge on any atom is 0.326 e. The molecule has 4 unspecified atom stereocenters. The van der Waals surface area contributed by atoms with Crippen LogP contribution in [0.15, 0.2) is 0 Å². The molecule has 0 saturated heterocycles. The van der Waals surface area contributed by atoms with Gasteiger partial charge in [0.25, 0.3) is 0 Å². The molecule has 0 fully saturated rings. The number of carboxylic acid groups (broad SMARTS) is 3. The molecular weight excluding hydrogens is 470 g/mol. The van der Waals surface area contributed by atoms with Crippen LogP contribution in [0, 0.1) is 5.92 Å². The number of hydrogen-bond donors (Lipinski definition) is 8. The zero-order valence-corrected chi connectivity index (χ0v) is 19.5. The van der Waals surface area contributed by atoms with Gasteiger partial charge in [0.1, 0.15) is 18.1 Å². The van der Waals surface area contributed by atoms with E-state index >= 15 is 0 Å². The van der Waals surface area contributed by atoms with Crippen LogP contribution in [-0.4, -0.2) is 81.0 Å². The minimum atomic E-state index is -1.57. The third-order valence-corrected chi connectivity index (χ3v) is 4.83. The standard InChI is InChI=1S/C20H33N5O10/c1-9(2)16(25-17(31)10(21)3-7-14(27)28)19(33)23-11(4-6-13(22)26)18(32)24-12(20(34)35)5-8-15(29)30/h9-12,16H,3-8,21H2,1-2H3,(H2,22,26)(H,23,33)(H,24,32)(H,25,31)(H,27,28)(H,29,30)(H,34,35). The van der Waals surface area contributed by atoms with Crippen LogP contribution in [0.1, 0.15) is 52.4 Å². The Hall–Kier alpha value is -3.75. The van der Waals surface area contributed by atoms with Gasteiger partial charge in [-0.15, -0.1) is 0 Å². The first-order valence-corrected chi connectivity index (χ1v) is 10.8. The molecule has 0 rings (SSSR count). The van der Waals surface area contributed by atoms with E-state index in [1.54, 1.807) is 13.8 Å². The first-order chi connectivity index (χ1) is 16.1. The summed E-state index contributed by atoms with van der Waals surface area (Å²) in [5.74, 6) is -7.87. The van der Waals surface area contributed by atoms with Gasteiger partial charge in [0, 0.05) is 19.3 Å². The number of hydrogen-bond acceptors (Lipinski definition) is 8. The minimum absolute atomic E-state index is 0.176. The van der Waals surface area contributed by atoms with Crippen molar-refractivity contribution in [3.8, 4) is 0 Å². The van der Waals surface area contributed by atoms with Gasteiger partial charge < -0.3 is 42.7 Å². The third-order valence-electron chi connectivity index (χ3n) is 4.83. The van der Waals surface area contributed by atoms with E-state index < -0.39 is 84.5 Å². The average molecular weight is 504 g/mol. The summed E-state index contributed by atoms with van der Waals surface area (Å²) in [4.78, 5) is 81.8. The van der Waals surface area contributed by atoms with Gasteiger partial charge in [-0.05, 0) is 25.2 Å². The molecular formula is C20H33N5O10. The summed E-state index contributed by atoms with van der Waals surface area (Å²) in [7, 11) is 0. The first-order valence-electron chi connectivity index (χ1n) is 10.8. The molecule has 0 aliphatic heterocycles. The molecule has 0 spiro atoms. The van der Waals surface area contributed by atoms with Crippen LogP contribution >= 0.6 is 0 Å². The number of carboxylic acids is 3. The van der Waals surface area contributed by atoms with Crippen LogP contribution in [0.5, 0.6) is 0 Å². The molecule has 0 aliphatic carbocycles. The monoisotopic (exact) mass is 503 g/mol. The molecule has 0 radical (unpaired) electrons. The number of rotatable bonds is 17. The predicted octanol–water partition coefficient (Wildman–Crippen LogP) is -2.50. The van der Waals surface area contributed by atoms with Crippen molar-refractivity contribution in [1.29, 1.82) is 0 Å². The fourth-order valence-corrected chi connectivity index (χ4v) is 2.82. The maximum absolute atomic E-state index is 12.9. The molecule has 15 heteroatoms. The van der Waals surface area contributed by atoms with Crippen molar-refractivity contribution in [2.24, 2.45) is 17.4 Å². The second-order valence-corrected chi connectivity index (χ2v) is 8.17. The van der Waals surface area contributed by atoms with Gasteiger partial charge in [-0.25, -0.2) is 4.79 Å². The van der Waals surface area contributed by atoms with Crippen molar-refractivity contribution in [3.05, 3.63) is 0 Å². The van der Waals surface area contributed by atoms with Crippen LogP contribution < -0.4 is 27.4 Å². The number of carbonyl (C=O) groups excluding carboxylic acids is 4. The molecule has 0 saturated carbocycles. The summed E-state index contributed by atoms with van der Waals surface area (Å²) in [5, 5.41) is 33.6. The molecule has 15 nitrogen and oxygen atoms in total. The summed E-state index contributed by atoms with van der Waals surface area (Å²) in [6, 6.07) is -5.41. The first kappa shape index (κ1) is 31.2. The number of amides is 4. The Bertz CT molecular complexity index is 816. The van der Waals surface area contributed by atoms with Crippen LogP contribution in [0.25, 0.3) is 0 Å². The quantitative estimate of drug-likeness (QED) is 0.103. The van der Waals surface area contributed by atoms with Gasteiger partial charge in [0.05, 0.1) is 6.04 Å². The van der Waals surface area contributed by atoms with E-state index in [1.165, 1.54) is 0 Å². The largest absolute Gasteiger partial charge is 0.481 e. The van der Waals surface area contributed by atoms with Crippen molar-refractivity contribution < 1.29 is 48.9 Å². The van der Waals surface area contributed by atoms with E-state index in [9.17, 15) is 38.7 Å². The highest BCUT2D eigenvalue weighted by atomic mass is 16.4. The molecule has 0 aromatic rings. The second-order valence-electron chi connectivity index (χ2n) is 8.17. The number of primary amides is 1. The highest BCUT2D eigenvalue weighted by molar-refractivity contribution is 5.94. The van der Waals surface area contributed by atoms with E-state index in [2.05, 4.69) is 16.0 Å². The Morgan fingerprint density at radius 1 is 0.686 bits per heavy atom. The third kappa shape index (κ3) is 12.9. The highest BCUT2D eigenvalue weighted by Gasteiger charge is 2.32. The van der Waals surface area contributed by atoms with Gasteiger partial charge in [0.2, 0.25) is 23.6 Å². The molecule has 10 N–H and O–H groups in total. The normalized spacial score (nSPS) is 14.2. The molecule has 4 amide bonds. The van der Waals surface area contributed by atoms with Crippen LogP contribution in [-0.2, 0) is 33.6 Å². The van der Waals surface area contributed by atoms with Crippen LogP contribution in [0.4, 0.5) is 0 Å². The van der Waals surface area contributed by atoms with Crippen LogP contribution in [0.3, 0.4) is 0 Å². The highest BCUT2D eigenvalue weighted by Crippen LogP contribution is 2.07. The van der Waals surface area contributed by atoms with E-state index in [0.29, 0.717) is 0 Å². The lowest BCUT2D eigenvalue weighted by Gasteiger charge is -2.26. The molecule has 35 heavy (non-hydrogen) atoms. The fourth-order valence-electron chi connectivity index (χ4n) is 2.82. The number of carbonyl (C=O) groups is 7. The lowest BCUT2D eigenvalue weighted by atomic mass is 10.0. The SMILES string of the molecule is CC(C)C(NC(=O)C(N)CCC(=O)O)C(=O)NC(CCC(N)=O)C(=O)NC(CCC(=O)O)C(=O)O. The predicted molar refractivity (Wildman–Crippen MR) is 118 cm³/mol. The molecule has 0 heterocycles. The Kier molecular flexibility index (Phi) is 13.6. The summed E-state index contributed by atoms with van der Waals surface area (Å²) in [6.07, 6.45) is -2.15. The average Bonchev–Trinajstić information content (AvgIpc) is 2.74. The molecule has 0 aromatic heterocycles. The molecule has 0 aromatic carbocycles. The Morgan fingerprint density at radius 2 is 1.17 bits per heavy atom. The maximum atomic E-state index is 12.9. The van der Waals surface area contributed by atoms with E-state index in [4.69, 9.17) is 21.7 Å². The van der Waals surface area contributed by atoms with E-state index in [1.807, 2.05) is 0 Å². The Morgan fingerprint density at radius 3 is 1.63 bits per heavy atom. The molecule has 0 aliphatic rings. The van der Waals surface area contributed by atoms with Crippen molar-refractivity contribution in [3.63, 3.8) is 0 Å². The van der Waals surface area contributed by atoms with Crippen molar-refractivity contribution >= 4 is 41.5 Å². The van der Waals surface area contributed by atoms with Crippen LogP contribution in [0.2, 0.25) is 0 Å². The van der Waals surface area contributed by atoms with Crippen molar-refractivity contribution in [2.45, 2.75) is 76.5 Å². The molecule has 0 bridgehead atoms. The lowest BCUT2D eigenvalue weighted by molar-refractivity contribution is -0.144. The summed E-state index contributed by atoms with van der Waals surface area (Å²) in [5.41, 5.74) is 10.8. The summed E-state index contributed by atoms with van der Waals surface area (Å²) < 4.78 is 0. The summed E-state index contributed by atoms with van der Waals surface area (Å²) >= 11 is 0. The van der Waals surface area contributed by atoms with Gasteiger partial charge >= 0.3 is 17.9 Å². The van der Waals surface area contributed by atoms with Crippen molar-refractivity contribution in [1.82, 2.24) is 16.0 Å². The molecule has 4 atom stereocenters. The number of nitrogens with one attached hydrogen (secondary N) is 3. The van der Waals surface area contributed by atoms with E-state index in [0.717, 1.165) is 0 Å². The Balaban J connectivity index is 5.49. The second kappa shape index (κ2) is 15.2. The van der Waals surface area contributed by atoms with Gasteiger partial charge in [-0.1, -0.05) is 13.8 Å². The fraction of sp³-hybridized carbons (Fsp3) is 0.650. The summed E-state index contributed by atoms with van der Waals surface area (Å²) in [6.45, 7) is 3.16. The molecule has 198 valence electrons. The Labute approximate surface area is 201 Å². The zero-order chi connectivity index (χ0) is 27.3. The number of nitrogens with two attached hydrogens (primary N) is 2. The smallest absolute Gasteiger partial charge is 0.326 e. The lowest BCUT2D eigenvalue weighted by Crippen LogP contribution is -2.58. The van der Waals surface area contributed by atoms with E-state index in [-0.39, 0.29) is 25.7 Å². The minimum Gasteiger partial charge on any atom is -0.481 e. The topological polar surface area (TPSA) is 268 Å². The van der Waals surface area contributed by atoms with Gasteiger partial charge in [-0.2, -0.15) is 0 Å². The van der Waals surface area contributed by atoms with Crippen molar-refractivity contribution in [2.75, 3.05) is 0 Å². The van der Waals surface area contributed by atoms with Gasteiger partial charge in [-0.3, -0.25) is 28.8 Å².